The molecule has 0 bridgehead atoms. The van der Waals surface area contributed by atoms with E-state index in [1.165, 1.54) is 10.4 Å². The number of phenols is 1. The van der Waals surface area contributed by atoms with Crippen LogP contribution >= 0.6 is 23.2 Å². The van der Waals surface area contributed by atoms with Crippen LogP contribution in [0, 0.1) is 0 Å². The van der Waals surface area contributed by atoms with E-state index in [9.17, 15) is 5.11 Å². The van der Waals surface area contributed by atoms with Crippen molar-refractivity contribution in [1.29, 1.82) is 0 Å². The zero-order valence-electron chi connectivity index (χ0n) is 14.6. The molecule has 2 aromatic carbocycles. The summed E-state index contributed by atoms with van der Waals surface area (Å²) in [7, 11) is 0. The van der Waals surface area contributed by atoms with Gasteiger partial charge in [0.05, 0.1) is 5.02 Å². The Morgan fingerprint density at radius 1 is 1.12 bits per heavy atom. The Hall–Kier alpha value is -1.78. The number of phenolic OH excluding ortho intramolecular Hbond substituents is 1. The number of hydrogen-bond donors (Lipinski definition) is 1. The van der Waals surface area contributed by atoms with Gasteiger partial charge in [-0.05, 0) is 48.1 Å². The van der Waals surface area contributed by atoms with Crippen molar-refractivity contribution in [2.45, 2.75) is 46.0 Å². The fraction of sp³-hybridized carbons (Fsp3) is 0.368. The quantitative estimate of drug-likeness (QED) is 0.601. The Balaban J connectivity index is 2.18. The number of benzene rings is 2. The third kappa shape index (κ3) is 3.60. The lowest BCUT2D eigenvalue weighted by molar-refractivity contribution is 0.457. The molecule has 0 saturated carbocycles. The molecule has 1 aromatic heterocycles. The van der Waals surface area contributed by atoms with Gasteiger partial charge in [0.15, 0.2) is 0 Å². The summed E-state index contributed by atoms with van der Waals surface area (Å²) in [6.07, 6.45) is 3.17. The van der Waals surface area contributed by atoms with E-state index in [0.29, 0.717) is 26.8 Å². The van der Waals surface area contributed by atoms with Crippen molar-refractivity contribution in [3.8, 4) is 11.4 Å². The van der Waals surface area contributed by atoms with Gasteiger partial charge in [-0.2, -0.15) is 0 Å². The van der Waals surface area contributed by atoms with Crippen molar-refractivity contribution in [2.75, 3.05) is 0 Å². The molecule has 132 valence electrons. The Bertz CT molecular complexity index is 919. The van der Waals surface area contributed by atoms with E-state index in [1.54, 1.807) is 12.1 Å². The number of unbranched alkanes of at least 4 members (excludes halogenated alkanes) is 1. The summed E-state index contributed by atoms with van der Waals surface area (Å²) in [6, 6.07) is 7.38. The smallest absolute Gasteiger partial charge is 0.146 e. The highest BCUT2D eigenvalue weighted by Gasteiger charge is 2.17. The van der Waals surface area contributed by atoms with Crippen LogP contribution in [0.5, 0.6) is 5.75 Å². The van der Waals surface area contributed by atoms with Crippen LogP contribution < -0.4 is 0 Å². The van der Waals surface area contributed by atoms with Crippen LogP contribution in [0.1, 0.15) is 50.7 Å². The molecule has 0 atom stereocenters. The van der Waals surface area contributed by atoms with Crippen LogP contribution in [-0.2, 0) is 6.42 Å². The van der Waals surface area contributed by atoms with Gasteiger partial charge in [-0.1, -0.05) is 56.5 Å². The molecule has 6 heteroatoms. The first-order valence-electron chi connectivity index (χ1n) is 8.49. The van der Waals surface area contributed by atoms with E-state index < -0.39 is 0 Å². The number of fused-ring (bicyclic) bond motifs is 1. The summed E-state index contributed by atoms with van der Waals surface area (Å²) in [6.45, 7) is 6.29. The molecule has 0 radical (unpaired) electrons. The van der Waals surface area contributed by atoms with Crippen LogP contribution in [0.25, 0.3) is 16.7 Å². The lowest BCUT2D eigenvalue weighted by atomic mass is 9.96. The maximum absolute atomic E-state index is 10.8. The molecule has 0 aliphatic heterocycles. The number of aromatic hydroxyl groups is 1. The second kappa shape index (κ2) is 7.22. The van der Waals surface area contributed by atoms with Gasteiger partial charge in [-0.3, -0.25) is 0 Å². The zero-order valence-corrected chi connectivity index (χ0v) is 16.1. The van der Waals surface area contributed by atoms with Crippen molar-refractivity contribution < 1.29 is 5.11 Å². The monoisotopic (exact) mass is 377 g/mol. The van der Waals surface area contributed by atoms with Gasteiger partial charge >= 0.3 is 0 Å². The Morgan fingerprint density at radius 3 is 2.56 bits per heavy atom. The van der Waals surface area contributed by atoms with Gasteiger partial charge in [0.25, 0.3) is 0 Å². The molecule has 0 unspecified atom stereocenters. The first-order chi connectivity index (χ1) is 11.9. The molecule has 0 fully saturated rings. The normalized spacial score (nSPS) is 11.6. The Morgan fingerprint density at radius 2 is 1.88 bits per heavy atom. The predicted octanol–water partition coefficient (Wildman–Crippen LogP) is 5.90. The van der Waals surface area contributed by atoms with Crippen LogP contribution in [-0.4, -0.2) is 20.1 Å². The van der Waals surface area contributed by atoms with E-state index in [4.69, 9.17) is 23.2 Å². The molecule has 1 N–H and O–H groups in total. The van der Waals surface area contributed by atoms with Crippen molar-refractivity contribution >= 4 is 34.2 Å². The average Bonchev–Trinajstić information content (AvgIpc) is 2.97. The average molecular weight is 378 g/mol. The van der Waals surface area contributed by atoms with E-state index in [2.05, 4.69) is 37.0 Å². The fourth-order valence-corrected chi connectivity index (χ4v) is 3.39. The van der Waals surface area contributed by atoms with Gasteiger partial charge < -0.3 is 5.11 Å². The number of hydrogen-bond acceptors (Lipinski definition) is 3. The fourth-order valence-electron chi connectivity index (χ4n) is 2.87. The van der Waals surface area contributed by atoms with Gasteiger partial charge in [-0.15, -0.1) is 15.0 Å². The third-order valence-corrected chi connectivity index (χ3v) is 4.75. The van der Waals surface area contributed by atoms with Gasteiger partial charge in [0, 0.05) is 5.02 Å². The molecule has 0 amide bonds. The molecule has 0 aliphatic carbocycles. The number of rotatable bonds is 5. The minimum absolute atomic E-state index is 0.198. The summed E-state index contributed by atoms with van der Waals surface area (Å²) in [4.78, 5) is 1.45. The predicted molar refractivity (Wildman–Crippen MR) is 103 cm³/mol. The molecule has 0 spiro atoms. The van der Waals surface area contributed by atoms with Crippen molar-refractivity contribution in [1.82, 2.24) is 15.0 Å². The second-order valence-corrected chi connectivity index (χ2v) is 7.40. The number of aromatic nitrogens is 3. The Kier molecular flexibility index (Phi) is 5.21. The highest BCUT2D eigenvalue weighted by Crippen LogP contribution is 2.34. The van der Waals surface area contributed by atoms with Gasteiger partial charge in [0.2, 0.25) is 0 Å². The second-order valence-electron chi connectivity index (χ2n) is 6.56. The molecule has 0 aliphatic rings. The maximum Gasteiger partial charge on any atom is 0.146 e. The summed E-state index contributed by atoms with van der Waals surface area (Å²) >= 11 is 12.3. The molecular weight excluding hydrogens is 357 g/mol. The maximum atomic E-state index is 10.8. The van der Waals surface area contributed by atoms with E-state index in [0.717, 1.165) is 24.8 Å². The van der Waals surface area contributed by atoms with Crippen LogP contribution in [0.2, 0.25) is 10.0 Å². The minimum atomic E-state index is 0.198. The zero-order chi connectivity index (χ0) is 18.1. The third-order valence-electron chi connectivity index (χ3n) is 4.24. The largest absolute Gasteiger partial charge is 0.505 e. The standard InChI is InChI=1S/C19H21Cl2N3O/c1-4-5-6-12-7-14(11(2)3)19(25)17(8-12)24-22-16-10-13(20)9-15(21)18(16)23-24/h7-11,25H,4-6H2,1-3H3. The first kappa shape index (κ1) is 18.0. The van der Waals surface area contributed by atoms with E-state index in [1.807, 2.05) is 6.07 Å². The van der Waals surface area contributed by atoms with Crippen molar-refractivity contribution in [3.63, 3.8) is 0 Å². The van der Waals surface area contributed by atoms with Crippen molar-refractivity contribution in [3.05, 3.63) is 45.4 Å². The lowest BCUT2D eigenvalue weighted by Crippen LogP contribution is -2.03. The number of aryl methyl sites for hydroxylation is 1. The minimum Gasteiger partial charge on any atom is -0.505 e. The van der Waals surface area contributed by atoms with Crippen molar-refractivity contribution in [2.24, 2.45) is 0 Å². The van der Waals surface area contributed by atoms with Crippen LogP contribution in [0.4, 0.5) is 0 Å². The number of nitrogens with zero attached hydrogens (tertiary/aromatic N) is 3. The van der Waals surface area contributed by atoms with E-state index >= 15 is 0 Å². The van der Waals surface area contributed by atoms with Crippen LogP contribution in [0.3, 0.4) is 0 Å². The molecule has 0 saturated heterocycles. The summed E-state index contributed by atoms with van der Waals surface area (Å²) < 4.78 is 0. The first-order valence-corrected chi connectivity index (χ1v) is 9.24. The molecule has 4 nitrogen and oxygen atoms in total. The lowest BCUT2D eigenvalue weighted by Gasteiger charge is -2.14. The molecular formula is C19H21Cl2N3O. The highest BCUT2D eigenvalue weighted by molar-refractivity contribution is 6.38. The van der Waals surface area contributed by atoms with Crippen LogP contribution in [0.15, 0.2) is 24.3 Å². The highest BCUT2D eigenvalue weighted by atomic mass is 35.5. The van der Waals surface area contributed by atoms with E-state index in [-0.39, 0.29) is 11.7 Å². The summed E-state index contributed by atoms with van der Waals surface area (Å²) in [5.41, 5.74) is 3.80. The molecule has 1 heterocycles. The molecule has 25 heavy (non-hydrogen) atoms. The Labute approximate surface area is 157 Å². The topological polar surface area (TPSA) is 50.9 Å². The SMILES string of the molecule is CCCCc1cc(C(C)C)c(O)c(-n2nc3cc(Cl)cc(Cl)c3n2)c1. The summed E-state index contributed by atoms with van der Waals surface area (Å²) in [5.74, 6) is 0.404. The van der Waals surface area contributed by atoms with Gasteiger partial charge in [0.1, 0.15) is 22.5 Å². The molecule has 3 aromatic rings. The summed E-state index contributed by atoms with van der Waals surface area (Å²) in [5, 5.41) is 20.6. The van der Waals surface area contributed by atoms with Gasteiger partial charge in [-0.25, -0.2) is 0 Å². The number of halogens is 2. The molecule has 3 rings (SSSR count).